The molecule has 0 amide bonds. The number of fused-ring (bicyclic) bond motifs is 1. The maximum atomic E-state index is 11.3. The van der Waals surface area contributed by atoms with Gasteiger partial charge in [0.2, 0.25) is 10.0 Å². The van der Waals surface area contributed by atoms with Crippen LogP contribution in [0, 0.1) is 6.92 Å². The van der Waals surface area contributed by atoms with Gasteiger partial charge in [0.1, 0.15) is 5.82 Å². The van der Waals surface area contributed by atoms with Gasteiger partial charge in [0.25, 0.3) is 0 Å². The summed E-state index contributed by atoms with van der Waals surface area (Å²) in [6.45, 7) is 4.19. The van der Waals surface area contributed by atoms with Crippen LogP contribution in [0.1, 0.15) is 29.9 Å². The quantitative estimate of drug-likeness (QED) is 0.741. The monoisotopic (exact) mass is 383 g/mol. The number of hydrogen-bond donors (Lipinski definition) is 1. The summed E-state index contributed by atoms with van der Waals surface area (Å²) in [5, 5.41) is 0. The van der Waals surface area contributed by atoms with E-state index in [0.717, 1.165) is 25.9 Å². The molecule has 6 heteroatoms. The fourth-order valence-electron chi connectivity index (χ4n) is 3.99. The molecule has 0 aliphatic carbocycles. The molecule has 5 nitrogen and oxygen atoms in total. The predicted molar refractivity (Wildman–Crippen MR) is 111 cm³/mol. The van der Waals surface area contributed by atoms with Crippen molar-refractivity contribution >= 4 is 27.0 Å². The lowest BCUT2D eigenvalue weighted by atomic mass is 9.89. The predicted octanol–water partition coefficient (Wildman–Crippen LogP) is 4.00. The molecule has 1 aromatic carbocycles. The summed E-state index contributed by atoms with van der Waals surface area (Å²) < 4.78 is 27.5. The Kier molecular flexibility index (Phi) is 4.60. The Hall–Kier alpha value is -2.47. The molecule has 0 unspecified atom stereocenters. The lowest BCUT2D eigenvalue weighted by Gasteiger charge is -2.34. The Bertz CT molecular complexity index is 1050. The van der Waals surface area contributed by atoms with Crippen molar-refractivity contribution in [1.29, 1.82) is 0 Å². The average molecular weight is 384 g/mol. The van der Waals surface area contributed by atoms with Crippen molar-refractivity contribution in [1.82, 2.24) is 4.40 Å². The molecule has 1 fully saturated rings. The van der Waals surface area contributed by atoms with E-state index in [9.17, 15) is 8.42 Å². The second-order valence-corrected chi connectivity index (χ2v) is 9.20. The third-order valence-corrected chi connectivity index (χ3v) is 5.87. The first-order chi connectivity index (χ1) is 12.9. The summed E-state index contributed by atoms with van der Waals surface area (Å²) >= 11 is 0. The van der Waals surface area contributed by atoms with Gasteiger partial charge >= 0.3 is 0 Å². The SMILES string of the molecule is Cc1cc(N2CCC(c3ccc(NS(C)(=O)=O)cc3)CC2)n2cccc2c1. The Balaban J connectivity index is 1.46. The molecular weight excluding hydrogens is 358 g/mol. The van der Waals surface area contributed by atoms with Crippen LogP contribution in [0.25, 0.3) is 5.52 Å². The second kappa shape index (κ2) is 6.93. The van der Waals surface area contributed by atoms with Crippen molar-refractivity contribution in [3.05, 3.63) is 65.9 Å². The first kappa shape index (κ1) is 17.9. The third-order valence-electron chi connectivity index (χ3n) is 5.26. The van der Waals surface area contributed by atoms with Crippen molar-refractivity contribution in [3.63, 3.8) is 0 Å². The van der Waals surface area contributed by atoms with Crippen LogP contribution in [-0.2, 0) is 10.0 Å². The Morgan fingerprint density at radius 2 is 1.74 bits per heavy atom. The van der Waals surface area contributed by atoms with Crippen LogP contribution in [-0.4, -0.2) is 32.2 Å². The van der Waals surface area contributed by atoms with Gasteiger partial charge in [0.05, 0.1) is 6.26 Å². The van der Waals surface area contributed by atoms with Gasteiger partial charge in [-0.25, -0.2) is 8.42 Å². The van der Waals surface area contributed by atoms with Gasteiger partial charge < -0.3 is 9.30 Å². The van der Waals surface area contributed by atoms with E-state index in [1.807, 2.05) is 24.3 Å². The molecule has 27 heavy (non-hydrogen) atoms. The number of sulfonamides is 1. The zero-order valence-electron chi connectivity index (χ0n) is 15.7. The molecule has 0 bridgehead atoms. The fourth-order valence-corrected chi connectivity index (χ4v) is 4.56. The van der Waals surface area contributed by atoms with Crippen LogP contribution in [0.15, 0.2) is 54.7 Å². The van der Waals surface area contributed by atoms with E-state index in [1.165, 1.54) is 28.7 Å². The van der Waals surface area contributed by atoms with Crippen molar-refractivity contribution in [3.8, 4) is 0 Å². The van der Waals surface area contributed by atoms with Crippen LogP contribution in [0.5, 0.6) is 0 Å². The van der Waals surface area contributed by atoms with E-state index in [0.29, 0.717) is 11.6 Å². The lowest BCUT2D eigenvalue weighted by Crippen LogP contribution is -2.34. The summed E-state index contributed by atoms with van der Waals surface area (Å²) in [5.41, 5.74) is 4.42. The number of rotatable bonds is 4. The minimum atomic E-state index is -3.23. The van der Waals surface area contributed by atoms with Gasteiger partial charge in [-0.1, -0.05) is 12.1 Å². The number of aromatic nitrogens is 1. The largest absolute Gasteiger partial charge is 0.358 e. The van der Waals surface area contributed by atoms with Gasteiger partial charge in [-0.2, -0.15) is 0 Å². The molecule has 1 aliphatic rings. The van der Waals surface area contributed by atoms with Crippen LogP contribution in [0.4, 0.5) is 11.5 Å². The first-order valence-corrected chi connectivity index (χ1v) is 11.2. The van der Waals surface area contributed by atoms with Crippen molar-refractivity contribution in [2.45, 2.75) is 25.7 Å². The topological polar surface area (TPSA) is 53.8 Å². The summed E-state index contributed by atoms with van der Waals surface area (Å²) in [4.78, 5) is 2.47. The van der Waals surface area contributed by atoms with Crippen molar-refractivity contribution in [2.24, 2.45) is 0 Å². The molecule has 0 saturated carbocycles. The van der Waals surface area contributed by atoms with E-state index in [4.69, 9.17) is 0 Å². The molecule has 0 atom stereocenters. The highest BCUT2D eigenvalue weighted by molar-refractivity contribution is 7.92. The molecular formula is C21H25N3O2S. The fraction of sp³-hybridized carbons (Fsp3) is 0.333. The molecule has 1 saturated heterocycles. The Morgan fingerprint density at radius 3 is 2.41 bits per heavy atom. The normalized spacial score (nSPS) is 16.0. The smallest absolute Gasteiger partial charge is 0.229 e. The lowest BCUT2D eigenvalue weighted by molar-refractivity contribution is 0.501. The van der Waals surface area contributed by atoms with Crippen molar-refractivity contribution < 1.29 is 8.42 Å². The average Bonchev–Trinajstić information content (AvgIpc) is 3.09. The number of nitrogens with one attached hydrogen (secondary N) is 1. The second-order valence-electron chi connectivity index (χ2n) is 7.45. The maximum absolute atomic E-state index is 11.3. The highest BCUT2D eigenvalue weighted by Crippen LogP contribution is 2.32. The summed E-state index contributed by atoms with van der Waals surface area (Å²) in [7, 11) is -3.23. The van der Waals surface area contributed by atoms with Crippen LogP contribution >= 0.6 is 0 Å². The molecule has 2 aromatic heterocycles. The Labute approximate surface area is 160 Å². The van der Waals surface area contributed by atoms with E-state index < -0.39 is 10.0 Å². The maximum Gasteiger partial charge on any atom is 0.229 e. The van der Waals surface area contributed by atoms with Crippen LogP contribution in [0.2, 0.25) is 0 Å². The number of hydrogen-bond acceptors (Lipinski definition) is 3. The van der Waals surface area contributed by atoms with Gasteiger partial charge in [-0.15, -0.1) is 0 Å². The van der Waals surface area contributed by atoms with Crippen LogP contribution in [0.3, 0.4) is 0 Å². The zero-order valence-corrected chi connectivity index (χ0v) is 16.5. The molecule has 142 valence electrons. The number of aryl methyl sites for hydroxylation is 1. The number of piperidine rings is 1. The Morgan fingerprint density at radius 1 is 1.04 bits per heavy atom. The van der Waals surface area contributed by atoms with Gasteiger partial charge in [-0.05, 0) is 73.2 Å². The van der Waals surface area contributed by atoms with Crippen LogP contribution < -0.4 is 9.62 Å². The molecule has 1 N–H and O–H groups in total. The van der Waals surface area contributed by atoms with Gasteiger partial charge in [0.15, 0.2) is 0 Å². The molecule has 3 aromatic rings. The van der Waals surface area contributed by atoms with E-state index >= 15 is 0 Å². The van der Waals surface area contributed by atoms with E-state index in [2.05, 4.69) is 51.4 Å². The first-order valence-electron chi connectivity index (χ1n) is 9.29. The standard InChI is InChI=1S/C21H25N3O2S/c1-16-14-20-4-3-11-24(20)21(15-16)23-12-9-18(10-13-23)17-5-7-19(8-6-17)22-27(2,25)26/h3-8,11,14-15,18,22H,9-10,12-13H2,1-2H3. The minimum Gasteiger partial charge on any atom is -0.358 e. The zero-order chi connectivity index (χ0) is 19.0. The van der Waals surface area contributed by atoms with Gasteiger partial charge in [0, 0.05) is 30.5 Å². The number of anilines is 2. The molecule has 3 heterocycles. The number of pyridine rings is 1. The highest BCUT2D eigenvalue weighted by Gasteiger charge is 2.22. The highest BCUT2D eigenvalue weighted by atomic mass is 32.2. The minimum absolute atomic E-state index is 0.512. The van der Waals surface area contributed by atoms with Gasteiger partial charge in [-0.3, -0.25) is 4.72 Å². The third kappa shape index (κ3) is 3.95. The summed E-state index contributed by atoms with van der Waals surface area (Å²) in [6, 6.07) is 16.5. The molecule has 4 rings (SSSR count). The molecule has 0 spiro atoms. The summed E-state index contributed by atoms with van der Waals surface area (Å²) in [5.74, 6) is 1.78. The van der Waals surface area contributed by atoms with Crippen molar-refractivity contribution in [2.75, 3.05) is 29.0 Å². The summed E-state index contributed by atoms with van der Waals surface area (Å²) in [6.07, 6.45) is 5.48. The van der Waals surface area contributed by atoms with E-state index in [1.54, 1.807) is 0 Å². The molecule has 1 aliphatic heterocycles. The van der Waals surface area contributed by atoms with E-state index in [-0.39, 0.29) is 0 Å². The number of benzene rings is 1. The number of nitrogens with zero attached hydrogens (tertiary/aromatic N) is 2. The molecule has 0 radical (unpaired) electrons.